The summed E-state index contributed by atoms with van der Waals surface area (Å²) in [7, 11) is 0. The van der Waals surface area contributed by atoms with Crippen molar-refractivity contribution < 1.29 is 9.90 Å². The van der Waals surface area contributed by atoms with Gasteiger partial charge in [0, 0.05) is 23.8 Å². The minimum atomic E-state index is -0.614. The van der Waals surface area contributed by atoms with Crippen LogP contribution in [0.5, 0.6) is 0 Å². The summed E-state index contributed by atoms with van der Waals surface area (Å²) >= 11 is 5.91. The fourth-order valence-electron chi connectivity index (χ4n) is 2.70. The highest BCUT2D eigenvalue weighted by Gasteiger charge is 2.33. The summed E-state index contributed by atoms with van der Waals surface area (Å²) in [6.07, 6.45) is 3.12. The number of hydrogen-bond acceptors (Lipinski definition) is 2. The third kappa shape index (κ3) is 4.89. The monoisotopic (exact) mass is 324 g/mol. The molecule has 2 amide bonds. The molecule has 1 aromatic rings. The highest BCUT2D eigenvalue weighted by molar-refractivity contribution is 6.30. The van der Waals surface area contributed by atoms with E-state index in [-0.39, 0.29) is 6.03 Å². The highest BCUT2D eigenvalue weighted by atomic mass is 35.5. The first-order chi connectivity index (χ1) is 10.4. The van der Waals surface area contributed by atoms with Crippen molar-refractivity contribution in [1.29, 1.82) is 0 Å². The Balaban J connectivity index is 1.84. The zero-order chi connectivity index (χ0) is 16.2. The number of piperidine rings is 1. The van der Waals surface area contributed by atoms with Gasteiger partial charge in [0.05, 0.1) is 5.60 Å². The SMILES string of the molecule is CC(C)CCC1(O)CCN(C(=O)Nc2cccc(Cl)c2)CC1. The van der Waals surface area contributed by atoms with E-state index in [1.165, 1.54) is 0 Å². The van der Waals surface area contributed by atoms with Crippen LogP contribution >= 0.6 is 11.6 Å². The second-order valence-corrected chi connectivity index (χ2v) is 7.02. The Bertz CT molecular complexity index is 511. The maximum Gasteiger partial charge on any atom is 0.321 e. The van der Waals surface area contributed by atoms with Crippen molar-refractivity contribution in [3.63, 3.8) is 0 Å². The van der Waals surface area contributed by atoms with E-state index in [0.717, 1.165) is 12.8 Å². The van der Waals surface area contributed by atoms with Crippen LogP contribution in [-0.4, -0.2) is 34.7 Å². The fourth-order valence-corrected chi connectivity index (χ4v) is 2.89. The van der Waals surface area contributed by atoms with E-state index in [1.807, 2.05) is 6.07 Å². The molecule has 0 aromatic heterocycles. The molecule has 1 saturated heterocycles. The number of halogens is 1. The second-order valence-electron chi connectivity index (χ2n) is 6.58. The number of aliphatic hydroxyl groups is 1. The van der Waals surface area contributed by atoms with E-state index in [1.54, 1.807) is 23.1 Å². The minimum Gasteiger partial charge on any atom is -0.390 e. The van der Waals surface area contributed by atoms with Crippen LogP contribution in [0.4, 0.5) is 10.5 Å². The van der Waals surface area contributed by atoms with Crippen LogP contribution in [-0.2, 0) is 0 Å². The number of rotatable bonds is 4. The highest BCUT2D eigenvalue weighted by Crippen LogP contribution is 2.28. The van der Waals surface area contributed by atoms with Gasteiger partial charge in [0.25, 0.3) is 0 Å². The molecule has 0 aliphatic carbocycles. The number of nitrogens with zero attached hydrogens (tertiary/aromatic N) is 1. The average molecular weight is 325 g/mol. The van der Waals surface area contributed by atoms with Crippen molar-refractivity contribution in [2.75, 3.05) is 18.4 Å². The Labute approximate surface area is 137 Å². The van der Waals surface area contributed by atoms with Gasteiger partial charge in [-0.05, 0) is 49.8 Å². The number of hydrogen-bond donors (Lipinski definition) is 2. The largest absolute Gasteiger partial charge is 0.390 e. The lowest BCUT2D eigenvalue weighted by Crippen LogP contribution is -2.48. The molecule has 4 nitrogen and oxygen atoms in total. The number of carbonyl (C=O) groups is 1. The molecule has 1 aliphatic heterocycles. The maximum atomic E-state index is 12.2. The van der Waals surface area contributed by atoms with Gasteiger partial charge in [-0.1, -0.05) is 31.5 Å². The van der Waals surface area contributed by atoms with Crippen molar-refractivity contribution in [3.8, 4) is 0 Å². The van der Waals surface area contributed by atoms with E-state index in [4.69, 9.17) is 11.6 Å². The first-order valence-electron chi connectivity index (χ1n) is 7.92. The van der Waals surface area contributed by atoms with Crippen molar-refractivity contribution in [1.82, 2.24) is 4.90 Å². The second kappa shape index (κ2) is 7.34. The number of amides is 2. The van der Waals surface area contributed by atoms with Gasteiger partial charge in [0.1, 0.15) is 0 Å². The van der Waals surface area contributed by atoms with E-state index in [0.29, 0.717) is 42.6 Å². The summed E-state index contributed by atoms with van der Waals surface area (Å²) in [6.45, 7) is 5.50. The molecular weight excluding hydrogens is 300 g/mol. The van der Waals surface area contributed by atoms with Crippen LogP contribution in [0.3, 0.4) is 0 Å². The topological polar surface area (TPSA) is 52.6 Å². The number of nitrogens with one attached hydrogen (secondary N) is 1. The summed E-state index contributed by atoms with van der Waals surface area (Å²) in [5, 5.41) is 14.0. The van der Waals surface area contributed by atoms with E-state index in [2.05, 4.69) is 19.2 Å². The van der Waals surface area contributed by atoms with E-state index >= 15 is 0 Å². The molecule has 0 radical (unpaired) electrons. The summed E-state index contributed by atoms with van der Waals surface area (Å²) in [5.74, 6) is 0.591. The van der Waals surface area contributed by atoms with Crippen LogP contribution in [0.25, 0.3) is 0 Å². The average Bonchev–Trinajstić information content (AvgIpc) is 2.46. The number of benzene rings is 1. The number of likely N-dealkylation sites (tertiary alicyclic amines) is 1. The molecule has 0 spiro atoms. The maximum absolute atomic E-state index is 12.2. The quantitative estimate of drug-likeness (QED) is 0.874. The zero-order valence-electron chi connectivity index (χ0n) is 13.3. The van der Waals surface area contributed by atoms with Gasteiger partial charge in [-0.2, -0.15) is 0 Å². The fraction of sp³-hybridized carbons (Fsp3) is 0.588. The third-order valence-electron chi connectivity index (χ3n) is 4.24. The van der Waals surface area contributed by atoms with Crippen LogP contribution in [0.15, 0.2) is 24.3 Å². The molecule has 0 bridgehead atoms. The molecule has 2 rings (SSSR count). The predicted molar refractivity (Wildman–Crippen MR) is 90.3 cm³/mol. The molecule has 1 fully saturated rings. The van der Waals surface area contributed by atoms with E-state index < -0.39 is 5.60 Å². The number of anilines is 1. The van der Waals surface area contributed by atoms with Gasteiger partial charge in [0.2, 0.25) is 0 Å². The molecule has 5 heteroatoms. The van der Waals surface area contributed by atoms with Gasteiger partial charge >= 0.3 is 6.03 Å². The van der Waals surface area contributed by atoms with Crippen LogP contribution in [0.1, 0.15) is 39.5 Å². The molecule has 0 unspecified atom stereocenters. The predicted octanol–water partition coefficient (Wildman–Crippen LogP) is 4.14. The summed E-state index contributed by atoms with van der Waals surface area (Å²) in [4.78, 5) is 14.0. The molecule has 1 aromatic carbocycles. The first kappa shape index (κ1) is 17.1. The van der Waals surface area contributed by atoms with Gasteiger partial charge in [0.15, 0.2) is 0 Å². The summed E-state index contributed by atoms with van der Waals surface area (Å²) < 4.78 is 0. The normalized spacial score (nSPS) is 17.6. The number of urea groups is 1. The molecule has 122 valence electrons. The molecule has 22 heavy (non-hydrogen) atoms. The van der Waals surface area contributed by atoms with E-state index in [9.17, 15) is 9.90 Å². The molecule has 2 N–H and O–H groups in total. The Hall–Kier alpha value is -1.26. The summed E-state index contributed by atoms with van der Waals surface area (Å²) in [6, 6.07) is 6.98. The van der Waals surface area contributed by atoms with Crippen molar-refractivity contribution >= 4 is 23.3 Å². The van der Waals surface area contributed by atoms with Gasteiger partial charge in [-0.15, -0.1) is 0 Å². The Morgan fingerprint density at radius 3 is 2.68 bits per heavy atom. The molecule has 1 heterocycles. The standard InChI is InChI=1S/C17H25ClN2O2/c1-13(2)6-7-17(22)8-10-20(11-9-17)16(21)19-15-5-3-4-14(18)12-15/h3-5,12-13,22H,6-11H2,1-2H3,(H,19,21). The van der Waals surface area contributed by atoms with Crippen LogP contribution in [0.2, 0.25) is 5.02 Å². The first-order valence-corrected chi connectivity index (χ1v) is 8.30. The third-order valence-corrected chi connectivity index (χ3v) is 4.48. The van der Waals surface area contributed by atoms with Crippen LogP contribution < -0.4 is 5.32 Å². The Morgan fingerprint density at radius 1 is 1.41 bits per heavy atom. The lowest BCUT2D eigenvalue weighted by Gasteiger charge is -2.38. The molecule has 1 aliphatic rings. The zero-order valence-corrected chi connectivity index (χ0v) is 14.1. The molecular formula is C17H25ClN2O2. The van der Waals surface area contributed by atoms with Crippen LogP contribution in [0, 0.1) is 5.92 Å². The number of carbonyl (C=O) groups excluding carboxylic acids is 1. The Kier molecular flexibility index (Phi) is 5.70. The van der Waals surface area contributed by atoms with Crippen molar-refractivity contribution in [3.05, 3.63) is 29.3 Å². The smallest absolute Gasteiger partial charge is 0.321 e. The van der Waals surface area contributed by atoms with Gasteiger partial charge in [-0.3, -0.25) is 0 Å². The lowest BCUT2D eigenvalue weighted by atomic mass is 9.85. The minimum absolute atomic E-state index is 0.131. The van der Waals surface area contributed by atoms with Crippen molar-refractivity contribution in [2.45, 2.75) is 45.1 Å². The Morgan fingerprint density at radius 2 is 2.09 bits per heavy atom. The van der Waals surface area contributed by atoms with Gasteiger partial charge < -0.3 is 15.3 Å². The van der Waals surface area contributed by atoms with Crippen molar-refractivity contribution in [2.24, 2.45) is 5.92 Å². The summed E-state index contributed by atoms with van der Waals surface area (Å²) in [5.41, 5.74) is 0.0787. The van der Waals surface area contributed by atoms with Gasteiger partial charge in [-0.25, -0.2) is 4.79 Å². The lowest BCUT2D eigenvalue weighted by molar-refractivity contribution is -0.0215. The molecule has 0 atom stereocenters. The molecule has 0 saturated carbocycles.